The Kier molecular flexibility index (Phi) is 10.3. The molecule has 0 aromatic heterocycles. The van der Waals surface area contributed by atoms with Gasteiger partial charge in [-0.15, -0.1) is 0 Å². The number of hydrogen-bond donors (Lipinski definition) is 1. The van der Waals surface area contributed by atoms with Gasteiger partial charge in [-0.25, -0.2) is 0 Å². The Labute approximate surface area is 132 Å². The topological polar surface area (TPSA) is 26.7 Å². The molecule has 0 aromatic rings. The largest absolute Gasteiger partial charge is 0.395 e. The molecule has 1 N–H and O–H groups in total. The maximum atomic E-state index is 8.94. The van der Waals surface area contributed by atoms with E-state index in [1.165, 1.54) is 71.1 Å². The van der Waals surface area contributed by atoms with Gasteiger partial charge < -0.3 is 14.9 Å². The summed E-state index contributed by atoms with van der Waals surface area (Å²) in [4.78, 5) is 4.88. The minimum absolute atomic E-state index is 0.320. The molecule has 0 spiro atoms. The number of aliphatic hydroxyl groups excluding tert-OH is 1. The first-order valence-corrected chi connectivity index (χ1v) is 9.29. The van der Waals surface area contributed by atoms with Gasteiger partial charge in [0.15, 0.2) is 0 Å². The molecule has 0 saturated carbocycles. The normalized spacial score (nSPS) is 22.9. The van der Waals surface area contributed by atoms with E-state index in [0.29, 0.717) is 6.61 Å². The predicted octanol–water partition coefficient (Wildman–Crippen LogP) is 3.23. The molecule has 0 unspecified atom stereocenters. The molecule has 0 aromatic carbocycles. The lowest BCUT2D eigenvalue weighted by Crippen LogP contribution is -2.35. The Morgan fingerprint density at radius 3 is 1.81 bits per heavy atom. The van der Waals surface area contributed by atoms with Gasteiger partial charge in [0, 0.05) is 6.54 Å². The van der Waals surface area contributed by atoms with Crippen LogP contribution in [0.3, 0.4) is 0 Å². The van der Waals surface area contributed by atoms with Crippen LogP contribution in [-0.4, -0.2) is 61.3 Å². The highest BCUT2D eigenvalue weighted by molar-refractivity contribution is 4.74. The minimum atomic E-state index is 0.320. The highest BCUT2D eigenvalue weighted by Gasteiger charge is 2.20. The van der Waals surface area contributed by atoms with Crippen molar-refractivity contribution in [3.05, 3.63) is 0 Å². The molecule has 2 aliphatic rings. The van der Waals surface area contributed by atoms with Crippen LogP contribution >= 0.6 is 0 Å². The summed E-state index contributed by atoms with van der Waals surface area (Å²) >= 11 is 0. The average Bonchev–Trinajstić information content (AvgIpc) is 2.53. The highest BCUT2D eigenvalue weighted by Crippen LogP contribution is 2.26. The summed E-state index contributed by atoms with van der Waals surface area (Å²) in [7, 11) is 2.25. The number of nitrogens with zero attached hydrogens (tertiary/aromatic N) is 2. The smallest absolute Gasteiger partial charge is 0.0558 e. The molecule has 2 rings (SSSR count). The molecule has 2 aliphatic heterocycles. The Balaban J connectivity index is 0.00000106. The van der Waals surface area contributed by atoms with Crippen molar-refractivity contribution in [1.29, 1.82) is 0 Å². The molecule has 0 atom stereocenters. The summed E-state index contributed by atoms with van der Waals surface area (Å²) in [5.41, 5.74) is 0. The molecule has 3 nitrogen and oxygen atoms in total. The summed E-state index contributed by atoms with van der Waals surface area (Å²) in [5, 5.41) is 8.94. The molecule has 0 radical (unpaired) electrons. The van der Waals surface area contributed by atoms with E-state index in [4.69, 9.17) is 5.11 Å². The summed E-state index contributed by atoms with van der Waals surface area (Å²) in [6.07, 6.45) is 9.90. The maximum absolute atomic E-state index is 8.94. The third-order valence-corrected chi connectivity index (χ3v) is 5.19. The summed E-state index contributed by atoms with van der Waals surface area (Å²) in [5.74, 6) is 1.96. The Morgan fingerprint density at radius 2 is 1.33 bits per heavy atom. The van der Waals surface area contributed by atoms with E-state index in [2.05, 4.69) is 16.8 Å². The van der Waals surface area contributed by atoms with Gasteiger partial charge in [-0.1, -0.05) is 33.1 Å². The number of rotatable bonds is 6. The van der Waals surface area contributed by atoms with Crippen molar-refractivity contribution in [3.63, 3.8) is 0 Å². The number of piperidine rings is 2. The maximum Gasteiger partial charge on any atom is 0.0558 e. The van der Waals surface area contributed by atoms with Crippen molar-refractivity contribution in [3.8, 4) is 0 Å². The molecular weight excluding hydrogens is 260 g/mol. The zero-order valence-corrected chi connectivity index (χ0v) is 14.7. The van der Waals surface area contributed by atoms with Gasteiger partial charge in [0.25, 0.3) is 0 Å². The van der Waals surface area contributed by atoms with E-state index < -0.39 is 0 Å². The van der Waals surface area contributed by atoms with Gasteiger partial charge in [-0.3, -0.25) is 0 Å². The standard InChI is InChI=1S/C16H32N2O.C2H6/c1-17-9-5-15(6-10-17)3-2-4-16-7-11-18(12-8-16)13-14-19;1-2/h15-16,19H,2-14H2,1H3;1-2H3. The van der Waals surface area contributed by atoms with E-state index in [9.17, 15) is 0 Å². The molecular formula is C18H38N2O. The predicted molar refractivity (Wildman–Crippen MR) is 91.7 cm³/mol. The molecule has 0 bridgehead atoms. The molecule has 3 heteroatoms. The minimum Gasteiger partial charge on any atom is -0.395 e. The lowest BCUT2D eigenvalue weighted by molar-refractivity contribution is 0.141. The third-order valence-electron chi connectivity index (χ3n) is 5.19. The number of likely N-dealkylation sites (tertiary alicyclic amines) is 2. The molecule has 2 fully saturated rings. The zero-order chi connectivity index (χ0) is 15.5. The number of β-amino-alcohol motifs (C(OH)–C–C–N with tert-alkyl or cyclic N) is 1. The Bertz CT molecular complexity index is 231. The zero-order valence-electron chi connectivity index (χ0n) is 14.7. The number of hydrogen-bond acceptors (Lipinski definition) is 3. The van der Waals surface area contributed by atoms with Gasteiger partial charge >= 0.3 is 0 Å². The quantitative estimate of drug-likeness (QED) is 0.815. The first kappa shape index (κ1) is 18.9. The molecule has 0 aliphatic carbocycles. The molecule has 2 saturated heterocycles. The van der Waals surface area contributed by atoms with Crippen LogP contribution in [0.15, 0.2) is 0 Å². The van der Waals surface area contributed by atoms with Crippen LogP contribution in [-0.2, 0) is 0 Å². The van der Waals surface area contributed by atoms with Crippen molar-refractivity contribution >= 4 is 0 Å². The highest BCUT2D eigenvalue weighted by atomic mass is 16.3. The van der Waals surface area contributed by atoms with E-state index in [-0.39, 0.29) is 0 Å². The molecule has 2 heterocycles. The van der Waals surface area contributed by atoms with Gasteiger partial charge in [0.1, 0.15) is 0 Å². The van der Waals surface area contributed by atoms with Crippen LogP contribution in [0.1, 0.15) is 58.8 Å². The first-order chi connectivity index (χ1) is 10.3. The van der Waals surface area contributed by atoms with Crippen LogP contribution in [0.5, 0.6) is 0 Å². The fourth-order valence-electron chi connectivity index (χ4n) is 3.69. The molecule has 126 valence electrons. The van der Waals surface area contributed by atoms with E-state index in [0.717, 1.165) is 18.4 Å². The van der Waals surface area contributed by atoms with Gasteiger partial charge in [-0.05, 0) is 70.7 Å². The van der Waals surface area contributed by atoms with E-state index in [1.54, 1.807) is 0 Å². The van der Waals surface area contributed by atoms with Crippen molar-refractivity contribution < 1.29 is 5.11 Å². The lowest BCUT2D eigenvalue weighted by atomic mass is 9.87. The van der Waals surface area contributed by atoms with Crippen LogP contribution in [0.4, 0.5) is 0 Å². The van der Waals surface area contributed by atoms with Crippen molar-refractivity contribution in [2.45, 2.75) is 58.8 Å². The SMILES string of the molecule is CC.CN1CCC(CCCC2CCN(CCO)CC2)CC1. The second-order valence-electron chi connectivity index (χ2n) is 6.69. The fourth-order valence-corrected chi connectivity index (χ4v) is 3.69. The van der Waals surface area contributed by atoms with Crippen LogP contribution in [0.25, 0.3) is 0 Å². The van der Waals surface area contributed by atoms with Crippen LogP contribution in [0.2, 0.25) is 0 Å². The first-order valence-electron chi connectivity index (χ1n) is 9.29. The van der Waals surface area contributed by atoms with Crippen molar-refractivity contribution in [2.24, 2.45) is 11.8 Å². The average molecular weight is 299 g/mol. The van der Waals surface area contributed by atoms with Crippen molar-refractivity contribution in [2.75, 3.05) is 46.4 Å². The van der Waals surface area contributed by atoms with Crippen molar-refractivity contribution in [1.82, 2.24) is 9.80 Å². The number of aliphatic hydroxyl groups is 1. The third kappa shape index (κ3) is 7.62. The van der Waals surface area contributed by atoms with Crippen LogP contribution in [0, 0.1) is 11.8 Å². The van der Waals surface area contributed by atoms with Crippen LogP contribution < -0.4 is 0 Å². The fraction of sp³-hybridized carbons (Fsp3) is 1.00. The lowest BCUT2D eigenvalue weighted by Gasteiger charge is -2.32. The molecule has 0 amide bonds. The van der Waals surface area contributed by atoms with E-state index in [1.807, 2.05) is 13.8 Å². The second-order valence-corrected chi connectivity index (χ2v) is 6.69. The van der Waals surface area contributed by atoms with Gasteiger partial charge in [-0.2, -0.15) is 0 Å². The summed E-state index contributed by atoms with van der Waals surface area (Å²) < 4.78 is 0. The van der Waals surface area contributed by atoms with Gasteiger partial charge in [0.2, 0.25) is 0 Å². The summed E-state index contributed by atoms with van der Waals surface area (Å²) in [6, 6.07) is 0. The Morgan fingerprint density at radius 1 is 0.857 bits per heavy atom. The Hall–Kier alpha value is -0.120. The van der Waals surface area contributed by atoms with Gasteiger partial charge in [0.05, 0.1) is 6.61 Å². The monoisotopic (exact) mass is 298 g/mol. The van der Waals surface area contributed by atoms with E-state index >= 15 is 0 Å². The second kappa shape index (κ2) is 11.4. The summed E-state index contributed by atoms with van der Waals surface area (Å²) in [6.45, 7) is 10.2. The molecule has 21 heavy (non-hydrogen) atoms.